The second kappa shape index (κ2) is 10.3. The Morgan fingerprint density at radius 3 is 2.42 bits per heavy atom. The van der Waals surface area contributed by atoms with Crippen LogP contribution in [0.15, 0.2) is 53.2 Å². The summed E-state index contributed by atoms with van der Waals surface area (Å²) in [5.41, 5.74) is 1.70. The Kier molecular flexibility index (Phi) is 7.51. The molecule has 0 aliphatic carbocycles. The van der Waals surface area contributed by atoms with Crippen molar-refractivity contribution in [3.63, 3.8) is 0 Å². The van der Waals surface area contributed by atoms with Crippen molar-refractivity contribution in [3.05, 3.63) is 75.9 Å². The van der Waals surface area contributed by atoms with E-state index in [2.05, 4.69) is 15.3 Å². The first-order chi connectivity index (χ1) is 14.9. The fourth-order valence-corrected chi connectivity index (χ4v) is 4.43. The molecule has 0 unspecified atom stereocenters. The molecule has 0 saturated carbocycles. The van der Waals surface area contributed by atoms with Crippen LogP contribution in [0.4, 0.5) is 11.6 Å². The number of pyridine rings is 1. The van der Waals surface area contributed by atoms with Crippen LogP contribution in [0, 0.1) is 10.1 Å². The summed E-state index contributed by atoms with van der Waals surface area (Å²) in [6.07, 6.45) is 3.62. The third-order valence-corrected chi connectivity index (χ3v) is 6.21. The van der Waals surface area contributed by atoms with E-state index in [4.69, 9.17) is 13.5 Å². The maximum atomic E-state index is 13.3. The van der Waals surface area contributed by atoms with Crippen LogP contribution >= 0.6 is 7.60 Å². The topological polar surface area (TPSA) is 130 Å². The molecule has 0 saturated heterocycles. The van der Waals surface area contributed by atoms with Gasteiger partial charge in [-0.3, -0.25) is 19.7 Å². The van der Waals surface area contributed by atoms with E-state index in [1.165, 1.54) is 12.1 Å². The van der Waals surface area contributed by atoms with Gasteiger partial charge in [0.2, 0.25) is 17.2 Å². The first kappa shape index (κ1) is 22.6. The molecule has 1 N–H and O–H groups in total. The van der Waals surface area contributed by atoms with Gasteiger partial charge in [-0.15, -0.1) is 0 Å². The zero-order valence-electron chi connectivity index (χ0n) is 17.2. The van der Waals surface area contributed by atoms with Gasteiger partial charge in [0.25, 0.3) is 5.69 Å². The van der Waals surface area contributed by atoms with E-state index in [1.807, 2.05) is 12.1 Å². The minimum Gasteiger partial charge on any atom is -0.424 e. The molecule has 0 aliphatic rings. The highest BCUT2D eigenvalue weighted by Crippen LogP contribution is 2.48. The lowest BCUT2D eigenvalue weighted by molar-refractivity contribution is -0.384. The van der Waals surface area contributed by atoms with Crippen molar-refractivity contribution in [1.29, 1.82) is 0 Å². The van der Waals surface area contributed by atoms with Crippen molar-refractivity contribution in [2.75, 3.05) is 18.5 Å². The molecule has 0 radical (unpaired) electrons. The number of non-ortho nitro benzene ring substituents is 1. The van der Waals surface area contributed by atoms with Gasteiger partial charge in [-0.2, -0.15) is 0 Å². The van der Waals surface area contributed by atoms with Gasteiger partial charge in [-0.25, -0.2) is 4.98 Å². The summed E-state index contributed by atoms with van der Waals surface area (Å²) in [5, 5.41) is 13.9. The molecule has 0 atom stereocenters. The molecule has 11 heteroatoms. The lowest BCUT2D eigenvalue weighted by atomic mass is 10.1. The zero-order valence-corrected chi connectivity index (χ0v) is 18.1. The Bertz CT molecular complexity index is 1050. The van der Waals surface area contributed by atoms with E-state index in [9.17, 15) is 14.7 Å². The van der Waals surface area contributed by atoms with E-state index in [0.29, 0.717) is 6.54 Å². The molecule has 2 aromatic heterocycles. The molecule has 31 heavy (non-hydrogen) atoms. The number of nitrogens with zero attached hydrogens (tertiary/aromatic N) is 3. The number of nitrogens with one attached hydrogen (secondary N) is 1. The summed E-state index contributed by atoms with van der Waals surface area (Å²) in [5.74, 6) is 0.461. The number of oxazole rings is 1. The minimum atomic E-state index is -3.71. The lowest BCUT2D eigenvalue weighted by Crippen LogP contribution is -2.16. The van der Waals surface area contributed by atoms with Crippen LogP contribution < -0.4 is 10.8 Å². The molecule has 1 aromatic carbocycles. The van der Waals surface area contributed by atoms with Gasteiger partial charge in [-0.1, -0.05) is 18.2 Å². The molecule has 0 spiro atoms. The molecular weight excluding hydrogens is 423 g/mol. The molecule has 164 valence electrons. The number of anilines is 1. The molecule has 3 rings (SSSR count). The van der Waals surface area contributed by atoms with Crippen molar-refractivity contribution in [2.45, 2.75) is 26.8 Å². The Balaban J connectivity index is 1.90. The zero-order chi connectivity index (χ0) is 22.3. The highest BCUT2D eigenvalue weighted by molar-refractivity contribution is 7.62. The van der Waals surface area contributed by atoms with Crippen LogP contribution in [0.3, 0.4) is 0 Å². The van der Waals surface area contributed by atoms with Crippen LogP contribution in [0.25, 0.3) is 0 Å². The quantitative estimate of drug-likeness (QED) is 0.263. The van der Waals surface area contributed by atoms with Crippen LogP contribution in [0.5, 0.6) is 0 Å². The molecule has 0 bridgehead atoms. The van der Waals surface area contributed by atoms with Crippen LogP contribution in [0.2, 0.25) is 0 Å². The van der Waals surface area contributed by atoms with Crippen LogP contribution in [-0.2, 0) is 26.6 Å². The molecule has 3 aromatic rings. The fourth-order valence-electron chi connectivity index (χ4n) is 2.83. The number of rotatable bonds is 11. The Labute approximate surface area is 179 Å². The SMILES string of the molecule is CCOP(=O)(OCC)c1nc(Cc2ccc([N+](=O)[O-])cc2)oc1NCc1cccnc1. The van der Waals surface area contributed by atoms with Gasteiger partial charge in [0.1, 0.15) is 0 Å². The standard InChI is InChI=1S/C20H23N4O6P/c1-3-28-31(27,29-4-2)20-19(22-14-16-6-5-11-21-13-16)30-18(23-20)12-15-7-9-17(10-8-15)24(25)26/h5-11,13,22H,3-4,12,14H2,1-2H3. The van der Waals surface area contributed by atoms with Gasteiger partial charge in [0, 0.05) is 37.5 Å². The molecule has 2 heterocycles. The number of hydrogen-bond donors (Lipinski definition) is 1. The summed E-state index contributed by atoms with van der Waals surface area (Å²) >= 11 is 0. The average Bonchev–Trinajstić information content (AvgIpc) is 3.17. The van der Waals surface area contributed by atoms with E-state index < -0.39 is 12.5 Å². The highest BCUT2D eigenvalue weighted by Gasteiger charge is 2.35. The van der Waals surface area contributed by atoms with Crippen molar-refractivity contribution in [1.82, 2.24) is 9.97 Å². The first-order valence-corrected chi connectivity index (χ1v) is 11.2. The van der Waals surface area contributed by atoms with Gasteiger partial charge in [-0.05, 0) is 31.0 Å². The van der Waals surface area contributed by atoms with E-state index in [0.717, 1.165) is 11.1 Å². The van der Waals surface area contributed by atoms with E-state index in [-0.39, 0.29) is 42.5 Å². The minimum absolute atomic E-state index is 0.00661. The highest BCUT2D eigenvalue weighted by atomic mass is 31.2. The number of aromatic nitrogens is 2. The lowest BCUT2D eigenvalue weighted by Gasteiger charge is -2.15. The summed E-state index contributed by atoms with van der Waals surface area (Å²) in [6, 6.07) is 9.75. The maximum Gasteiger partial charge on any atom is 0.385 e. The summed E-state index contributed by atoms with van der Waals surface area (Å²) in [6.45, 7) is 4.14. The molecule has 0 fully saturated rings. The third-order valence-electron chi connectivity index (χ3n) is 4.19. The predicted octanol–water partition coefficient (Wildman–Crippen LogP) is 4.07. The van der Waals surface area contributed by atoms with Crippen LogP contribution in [-0.4, -0.2) is 28.1 Å². The smallest absolute Gasteiger partial charge is 0.385 e. The maximum absolute atomic E-state index is 13.3. The van der Waals surface area contributed by atoms with Crippen molar-refractivity contribution in [3.8, 4) is 0 Å². The first-order valence-electron chi connectivity index (χ1n) is 9.70. The Hall–Kier alpha value is -3.07. The monoisotopic (exact) mass is 446 g/mol. The van der Waals surface area contributed by atoms with Crippen molar-refractivity contribution in [2.24, 2.45) is 0 Å². The molecule has 0 amide bonds. The van der Waals surface area contributed by atoms with Crippen molar-refractivity contribution >= 4 is 24.6 Å². The predicted molar refractivity (Wildman–Crippen MR) is 114 cm³/mol. The molecular formula is C20H23N4O6P. The summed E-state index contributed by atoms with van der Waals surface area (Å²) in [4.78, 5) is 18.8. The van der Waals surface area contributed by atoms with Gasteiger partial charge in [0.15, 0.2) is 0 Å². The number of benzene rings is 1. The summed E-state index contributed by atoms with van der Waals surface area (Å²) < 4.78 is 30.1. The Morgan fingerprint density at radius 1 is 1.13 bits per heavy atom. The normalized spacial score (nSPS) is 11.4. The van der Waals surface area contributed by atoms with Crippen molar-refractivity contribution < 1.29 is 23.0 Å². The van der Waals surface area contributed by atoms with Gasteiger partial charge >= 0.3 is 7.60 Å². The molecule has 0 aliphatic heterocycles. The molecule has 10 nitrogen and oxygen atoms in total. The number of hydrogen-bond acceptors (Lipinski definition) is 9. The third kappa shape index (κ3) is 5.75. The Morgan fingerprint density at radius 2 is 1.84 bits per heavy atom. The average molecular weight is 446 g/mol. The second-order valence-corrected chi connectivity index (χ2v) is 8.34. The van der Waals surface area contributed by atoms with Gasteiger partial charge < -0.3 is 18.8 Å². The fraction of sp³-hybridized carbons (Fsp3) is 0.300. The van der Waals surface area contributed by atoms with E-state index >= 15 is 0 Å². The largest absolute Gasteiger partial charge is 0.424 e. The van der Waals surface area contributed by atoms with E-state index in [1.54, 1.807) is 38.4 Å². The summed E-state index contributed by atoms with van der Waals surface area (Å²) in [7, 11) is -3.71. The number of nitro benzene ring substituents is 1. The van der Waals surface area contributed by atoms with Crippen LogP contribution in [0.1, 0.15) is 30.9 Å². The van der Waals surface area contributed by atoms with Gasteiger partial charge in [0.05, 0.1) is 18.1 Å². The second-order valence-electron chi connectivity index (χ2n) is 6.41. The number of nitro groups is 1.